The lowest BCUT2D eigenvalue weighted by Crippen LogP contribution is -2.53. The third kappa shape index (κ3) is 4.32. The topological polar surface area (TPSA) is 105 Å². The van der Waals surface area contributed by atoms with Crippen molar-refractivity contribution in [3.63, 3.8) is 0 Å². The average molecular weight is 400 g/mol. The molecule has 2 heterocycles. The lowest BCUT2D eigenvalue weighted by atomic mass is 9.77. The van der Waals surface area contributed by atoms with Crippen molar-refractivity contribution in [1.82, 2.24) is 9.91 Å². The molecule has 2 N–H and O–H groups in total. The zero-order valence-electron chi connectivity index (χ0n) is 17.1. The van der Waals surface area contributed by atoms with Gasteiger partial charge in [-0.2, -0.15) is 5.10 Å². The Balaban J connectivity index is 1.71. The lowest BCUT2D eigenvalue weighted by molar-refractivity contribution is -0.150. The van der Waals surface area contributed by atoms with Crippen LogP contribution in [0.2, 0.25) is 0 Å². The van der Waals surface area contributed by atoms with E-state index in [0.717, 1.165) is 11.3 Å². The highest BCUT2D eigenvalue weighted by Gasteiger charge is 2.45. The van der Waals surface area contributed by atoms with Crippen LogP contribution in [-0.4, -0.2) is 60.1 Å². The van der Waals surface area contributed by atoms with Gasteiger partial charge in [-0.25, -0.2) is 5.01 Å². The molecular weight excluding hydrogens is 372 g/mol. The highest BCUT2D eigenvalue weighted by atomic mass is 16.5. The van der Waals surface area contributed by atoms with Crippen LogP contribution >= 0.6 is 0 Å². The number of ether oxygens (including phenoxy) is 1. The predicted octanol–water partition coefficient (Wildman–Crippen LogP) is 1.01. The normalized spacial score (nSPS) is 20.3. The highest BCUT2D eigenvalue weighted by Crippen LogP contribution is 2.31. The summed E-state index contributed by atoms with van der Waals surface area (Å²) in [4.78, 5) is 39.3. The van der Waals surface area contributed by atoms with Gasteiger partial charge in [-0.1, -0.05) is 44.2 Å². The van der Waals surface area contributed by atoms with E-state index in [4.69, 9.17) is 10.5 Å². The third-order valence-corrected chi connectivity index (χ3v) is 5.85. The Morgan fingerprint density at radius 2 is 2.00 bits per heavy atom. The summed E-state index contributed by atoms with van der Waals surface area (Å²) >= 11 is 0. The fraction of sp³-hybridized carbons (Fsp3) is 0.524. The van der Waals surface area contributed by atoms with Crippen LogP contribution in [0.4, 0.5) is 0 Å². The van der Waals surface area contributed by atoms with E-state index in [1.807, 2.05) is 30.3 Å². The molecule has 156 valence electrons. The molecule has 1 aromatic carbocycles. The van der Waals surface area contributed by atoms with Gasteiger partial charge in [0.2, 0.25) is 11.8 Å². The van der Waals surface area contributed by atoms with Crippen LogP contribution in [0.5, 0.6) is 0 Å². The Bertz CT molecular complexity index is 821. The lowest BCUT2D eigenvalue weighted by Gasteiger charge is -2.37. The second-order valence-electron chi connectivity index (χ2n) is 8.18. The quantitative estimate of drug-likeness (QED) is 0.737. The number of carbonyl (C=O) groups is 3. The number of hydrogen-bond acceptors (Lipinski definition) is 5. The van der Waals surface area contributed by atoms with Crippen molar-refractivity contribution in [2.75, 3.05) is 26.7 Å². The van der Waals surface area contributed by atoms with Crippen LogP contribution in [0.25, 0.3) is 0 Å². The molecule has 2 aliphatic heterocycles. The second-order valence-corrected chi connectivity index (χ2v) is 8.18. The third-order valence-electron chi connectivity index (χ3n) is 5.85. The van der Waals surface area contributed by atoms with Gasteiger partial charge >= 0.3 is 0 Å². The highest BCUT2D eigenvalue weighted by molar-refractivity contribution is 6.09. The van der Waals surface area contributed by atoms with Gasteiger partial charge in [0.15, 0.2) is 0 Å². The molecule has 3 rings (SSSR count). The van der Waals surface area contributed by atoms with E-state index in [9.17, 15) is 14.4 Å². The van der Waals surface area contributed by atoms with Gasteiger partial charge < -0.3 is 15.4 Å². The number of fused-ring (bicyclic) bond motifs is 1. The van der Waals surface area contributed by atoms with Crippen LogP contribution in [-0.2, 0) is 25.7 Å². The summed E-state index contributed by atoms with van der Waals surface area (Å²) in [5.74, 6) is -2.03. The summed E-state index contributed by atoms with van der Waals surface area (Å²) in [6.07, 6.45) is 0.543. The number of hydrogen-bond donors (Lipinski definition) is 1. The molecule has 1 fully saturated rings. The first kappa shape index (κ1) is 21.0. The number of likely N-dealkylation sites (tertiary alicyclic amines) is 1. The van der Waals surface area contributed by atoms with Crippen molar-refractivity contribution in [3.05, 3.63) is 35.9 Å². The zero-order valence-corrected chi connectivity index (χ0v) is 17.1. The van der Waals surface area contributed by atoms with E-state index in [-0.39, 0.29) is 25.0 Å². The molecule has 0 bridgehead atoms. The Hall–Kier alpha value is -2.74. The van der Waals surface area contributed by atoms with Crippen LogP contribution in [0.15, 0.2) is 35.4 Å². The molecule has 0 spiro atoms. The number of hydrazone groups is 1. The van der Waals surface area contributed by atoms with Crippen molar-refractivity contribution in [1.29, 1.82) is 0 Å². The van der Waals surface area contributed by atoms with Crippen LogP contribution in [0.3, 0.4) is 0 Å². The van der Waals surface area contributed by atoms with E-state index in [1.54, 1.807) is 25.8 Å². The van der Waals surface area contributed by atoms with E-state index in [2.05, 4.69) is 5.10 Å². The fourth-order valence-corrected chi connectivity index (χ4v) is 3.70. The van der Waals surface area contributed by atoms with Gasteiger partial charge in [-0.05, 0) is 5.56 Å². The summed E-state index contributed by atoms with van der Waals surface area (Å²) < 4.78 is 5.80. The molecule has 1 saturated heterocycles. The van der Waals surface area contributed by atoms with Gasteiger partial charge in [0.25, 0.3) is 5.91 Å². The van der Waals surface area contributed by atoms with Crippen molar-refractivity contribution >= 4 is 23.4 Å². The summed E-state index contributed by atoms with van der Waals surface area (Å²) in [6, 6.07) is 9.61. The van der Waals surface area contributed by atoms with Gasteiger partial charge in [-0.15, -0.1) is 0 Å². The van der Waals surface area contributed by atoms with E-state index >= 15 is 0 Å². The second kappa shape index (κ2) is 8.32. The molecule has 8 nitrogen and oxygen atoms in total. The minimum absolute atomic E-state index is 0.0691. The van der Waals surface area contributed by atoms with Crippen LogP contribution < -0.4 is 5.73 Å². The largest absolute Gasteiger partial charge is 0.376 e. The number of benzene rings is 1. The molecule has 29 heavy (non-hydrogen) atoms. The number of amides is 3. The Morgan fingerprint density at radius 1 is 1.31 bits per heavy atom. The monoisotopic (exact) mass is 400 g/mol. The maximum atomic E-state index is 13.3. The molecule has 0 saturated carbocycles. The van der Waals surface area contributed by atoms with Gasteiger partial charge in [-0.3, -0.25) is 14.4 Å². The molecule has 0 aromatic heterocycles. The van der Waals surface area contributed by atoms with E-state index < -0.39 is 23.2 Å². The molecule has 0 radical (unpaired) electrons. The fourth-order valence-electron chi connectivity index (χ4n) is 3.70. The number of piperidine rings is 1. The van der Waals surface area contributed by atoms with E-state index in [1.165, 1.54) is 5.01 Å². The SMILES string of the molecule is CN1N=C2CCN(C(=O)[C@@H](COCc3ccccc3)C(C)(C)C(N)=O)CC2C1=O. The summed E-state index contributed by atoms with van der Waals surface area (Å²) in [5.41, 5.74) is 6.31. The molecule has 1 unspecified atom stereocenters. The first-order valence-corrected chi connectivity index (χ1v) is 9.77. The standard InChI is InChI=1S/C21H28N4O4/c1-21(2,20(22)28)16(13-29-12-14-7-5-4-6-8-14)19(27)25-10-9-17-15(11-25)18(26)24(3)23-17/h4-8,15-16H,9-13H2,1-3H3,(H2,22,28)/t15?,16-/m1/s1. The van der Waals surface area contributed by atoms with Crippen molar-refractivity contribution in [2.45, 2.75) is 26.9 Å². The molecular formula is C21H28N4O4. The Morgan fingerprint density at radius 3 is 2.66 bits per heavy atom. The minimum atomic E-state index is -1.08. The predicted molar refractivity (Wildman–Crippen MR) is 107 cm³/mol. The molecule has 2 aliphatic rings. The first-order valence-electron chi connectivity index (χ1n) is 9.77. The van der Waals surface area contributed by atoms with Crippen LogP contribution in [0.1, 0.15) is 25.8 Å². The van der Waals surface area contributed by atoms with Gasteiger partial charge in [0.05, 0.1) is 36.2 Å². The Kier molecular flexibility index (Phi) is 6.02. The maximum absolute atomic E-state index is 13.3. The number of carbonyl (C=O) groups excluding carboxylic acids is 3. The molecule has 3 amide bonds. The summed E-state index contributed by atoms with van der Waals surface area (Å²) in [6.45, 7) is 4.45. The zero-order chi connectivity index (χ0) is 21.2. The number of primary amides is 1. The number of nitrogens with zero attached hydrogens (tertiary/aromatic N) is 3. The molecule has 8 heteroatoms. The van der Waals surface area contributed by atoms with Crippen molar-refractivity contribution < 1.29 is 19.1 Å². The minimum Gasteiger partial charge on any atom is -0.376 e. The maximum Gasteiger partial charge on any atom is 0.253 e. The van der Waals surface area contributed by atoms with Crippen molar-refractivity contribution in [3.8, 4) is 0 Å². The first-order chi connectivity index (χ1) is 13.7. The molecule has 2 atom stereocenters. The van der Waals surface area contributed by atoms with Gasteiger partial charge in [0.1, 0.15) is 0 Å². The summed E-state index contributed by atoms with van der Waals surface area (Å²) in [7, 11) is 1.62. The number of rotatable bonds is 7. The average Bonchev–Trinajstić information content (AvgIpc) is 2.98. The number of nitrogens with two attached hydrogens (primary N) is 1. The Labute approximate surface area is 170 Å². The molecule has 0 aliphatic carbocycles. The smallest absolute Gasteiger partial charge is 0.253 e. The molecule has 1 aromatic rings. The van der Waals surface area contributed by atoms with Crippen LogP contribution in [0, 0.1) is 17.3 Å². The van der Waals surface area contributed by atoms with Gasteiger partial charge in [0, 0.05) is 26.6 Å². The summed E-state index contributed by atoms with van der Waals surface area (Å²) in [5, 5.41) is 5.59. The van der Waals surface area contributed by atoms with Crippen molar-refractivity contribution in [2.24, 2.45) is 28.1 Å². The van der Waals surface area contributed by atoms with E-state index in [0.29, 0.717) is 19.6 Å².